The Morgan fingerprint density at radius 1 is 0.923 bits per heavy atom. The van der Waals surface area contributed by atoms with Crippen molar-refractivity contribution in [2.24, 2.45) is 0 Å². The fraction of sp³-hybridized carbons (Fsp3) is 0.842. The lowest BCUT2D eigenvalue weighted by Crippen LogP contribution is -2.12. The van der Waals surface area contributed by atoms with Gasteiger partial charge in [-0.25, -0.2) is 9.36 Å². The maximum absolute atomic E-state index is 11.0. The molecule has 0 aromatic rings. The maximum atomic E-state index is 11.0. The fourth-order valence-electron chi connectivity index (χ4n) is 2.79. The van der Waals surface area contributed by atoms with Crippen molar-refractivity contribution < 1.29 is 28.4 Å². The summed E-state index contributed by atoms with van der Waals surface area (Å²) in [7, 11) is -4.29. The van der Waals surface area contributed by atoms with Crippen LogP contribution in [0.2, 0.25) is 0 Å². The largest absolute Gasteiger partial charge is 0.469 e. The molecule has 0 aliphatic rings. The number of carbonyl (C=O) groups is 1. The molecule has 0 bridgehead atoms. The lowest BCUT2D eigenvalue weighted by Gasteiger charge is -2.11. The number of unbranched alkanes of at least 4 members (excludes halogenated alkanes) is 11. The minimum Gasteiger partial charge on any atom is -0.460 e. The first-order valence-electron chi connectivity index (χ1n) is 9.88. The van der Waals surface area contributed by atoms with Gasteiger partial charge in [-0.3, -0.25) is 4.52 Å². The monoisotopic (exact) mass is 392 g/mol. The zero-order chi connectivity index (χ0) is 19.7. The molecule has 0 saturated carbocycles. The van der Waals surface area contributed by atoms with E-state index in [2.05, 4.69) is 11.1 Å². The quantitative estimate of drug-likeness (QED) is 0.143. The van der Waals surface area contributed by atoms with Crippen LogP contribution in [0.3, 0.4) is 0 Å². The highest BCUT2D eigenvalue weighted by atomic mass is 31.2. The smallest absolute Gasteiger partial charge is 0.460 e. The van der Waals surface area contributed by atoms with Gasteiger partial charge in [-0.15, -0.1) is 0 Å². The molecule has 0 radical (unpaired) electrons. The highest BCUT2D eigenvalue weighted by molar-refractivity contribution is 7.46. The first-order chi connectivity index (χ1) is 12.3. The number of ether oxygens (including phenoxy) is 1. The van der Waals surface area contributed by atoms with E-state index in [0.29, 0.717) is 6.42 Å². The van der Waals surface area contributed by atoms with Crippen LogP contribution in [0.15, 0.2) is 12.7 Å². The molecule has 0 spiro atoms. The van der Waals surface area contributed by atoms with Gasteiger partial charge in [0.15, 0.2) is 0 Å². The summed E-state index contributed by atoms with van der Waals surface area (Å²) in [5.74, 6) is -0.341. The topological polar surface area (TPSA) is 93.1 Å². The van der Waals surface area contributed by atoms with Crippen LogP contribution in [0.25, 0.3) is 0 Å². The average Bonchev–Trinajstić information content (AvgIpc) is 2.57. The molecule has 1 atom stereocenters. The molecule has 0 heterocycles. The fourth-order valence-corrected chi connectivity index (χ4v) is 3.16. The molecule has 0 aromatic carbocycles. The molecule has 2 N–H and O–H groups in total. The molecule has 1 unspecified atom stereocenters. The minimum atomic E-state index is -4.29. The first-order valence-corrected chi connectivity index (χ1v) is 11.4. The number of hydrogen-bond acceptors (Lipinski definition) is 4. The summed E-state index contributed by atoms with van der Waals surface area (Å²) in [5, 5.41) is 0. The van der Waals surface area contributed by atoms with Gasteiger partial charge in [0.05, 0.1) is 12.7 Å². The third-order valence-corrected chi connectivity index (χ3v) is 4.77. The number of phosphoric acid groups is 1. The van der Waals surface area contributed by atoms with E-state index in [9.17, 15) is 9.36 Å². The van der Waals surface area contributed by atoms with Crippen molar-refractivity contribution in [3.63, 3.8) is 0 Å². The van der Waals surface area contributed by atoms with E-state index in [0.717, 1.165) is 25.7 Å². The second kappa shape index (κ2) is 16.5. The lowest BCUT2D eigenvalue weighted by molar-refractivity contribution is -0.142. The van der Waals surface area contributed by atoms with E-state index < -0.39 is 7.82 Å². The molecular weight excluding hydrogens is 355 g/mol. The van der Waals surface area contributed by atoms with Crippen LogP contribution < -0.4 is 0 Å². The Labute approximate surface area is 158 Å². The average molecular weight is 392 g/mol. The molecule has 0 fully saturated rings. The number of esters is 1. The zero-order valence-electron chi connectivity index (χ0n) is 16.2. The Morgan fingerprint density at radius 3 is 1.77 bits per heavy atom. The van der Waals surface area contributed by atoms with Crippen LogP contribution in [0, 0.1) is 0 Å². The van der Waals surface area contributed by atoms with Crippen molar-refractivity contribution in [3.8, 4) is 0 Å². The van der Waals surface area contributed by atoms with Gasteiger partial charge in [-0.2, -0.15) is 0 Å². The van der Waals surface area contributed by atoms with Crippen molar-refractivity contribution in [2.45, 2.75) is 96.5 Å². The van der Waals surface area contributed by atoms with Crippen LogP contribution in [-0.2, 0) is 18.6 Å². The predicted octanol–water partition coefficient (Wildman–Crippen LogP) is 5.28. The van der Waals surface area contributed by atoms with Crippen LogP contribution >= 0.6 is 7.82 Å². The van der Waals surface area contributed by atoms with Crippen molar-refractivity contribution >= 4 is 13.8 Å². The lowest BCUT2D eigenvalue weighted by atomic mass is 10.0. The zero-order valence-corrected chi connectivity index (χ0v) is 17.1. The van der Waals surface area contributed by atoms with E-state index in [1.54, 1.807) is 0 Å². The second-order valence-electron chi connectivity index (χ2n) is 6.81. The Bertz CT molecular complexity index is 407. The molecule has 0 aliphatic carbocycles. The second-order valence-corrected chi connectivity index (χ2v) is 8.05. The normalized spacial score (nSPS) is 12.7. The van der Waals surface area contributed by atoms with Crippen molar-refractivity contribution in [3.05, 3.63) is 12.7 Å². The highest BCUT2D eigenvalue weighted by Crippen LogP contribution is 2.35. The summed E-state index contributed by atoms with van der Waals surface area (Å²) in [6, 6.07) is 0. The van der Waals surface area contributed by atoms with E-state index in [-0.39, 0.29) is 18.7 Å². The Kier molecular flexibility index (Phi) is 16.1. The van der Waals surface area contributed by atoms with Crippen LogP contribution in [0.4, 0.5) is 0 Å². The summed E-state index contributed by atoms with van der Waals surface area (Å²) in [4.78, 5) is 28.1. The summed E-state index contributed by atoms with van der Waals surface area (Å²) in [6.07, 6.45) is 15.9. The maximum Gasteiger partial charge on any atom is 0.469 e. The van der Waals surface area contributed by atoms with Gasteiger partial charge in [-0.05, 0) is 26.2 Å². The molecule has 0 rings (SSSR count). The van der Waals surface area contributed by atoms with Gasteiger partial charge in [-0.1, -0.05) is 70.8 Å². The molecule has 6 nitrogen and oxygen atoms in total. The summed E-state index contributed by atoms with van der Waals surface area (Å²) in [6.45, 7) is 5.45. The molecule has 26 heavy (non-hydrogen) atoms. The molecule has 0 saturated heterocycles. The van der Waals surface area contributed by atoms with Gasteiger partial charge in [0.1, 0.15) is 0 Å². The standard InChI is InChI=1S/C19H37O6P/c1-3-19(20)25-18(2)16-14-12-10-8-6-4-5-7-9-11-13-15-17-24-26(21,22)23/h3,18H,1,4-17H2,2H3,(H2,21,22,23). The molecule has 0 aromatic heterocycles. The molecule has 0 aliphatic heterocycles. The third kappa shape index (κ3) is 19.6. The van der Waals surface area contributed by atoms with E-state index >= 15 is 0 Å². The van der Waals surface area contributed by atoms with E-state index in [1.165, 1.54) is 57.4 Å². The Balaban J connectivity index is 3.19. The molecular formula is C19H37O6P. The number of phosphoric ester groups is 1. The molecule has 154 valence electrons. The Hall–Kier alpha value is -0.680. The summed E-state index contributed by atoms with van der Waals surface area (Å²) in [5.41, 5.74) is 0. The van der Waals surface area contributed by atoms with E-state index in [4.69, 9.17) is 14.5 Å². The van der Waals surface area contributed by atoms with Crippen LogP contribution in [-0.4, -0.2) is 28.5 Å². The van der Waals surface area contributed by atoms with Gasteiger partial charge in [0, 0.05) is 6.08 Å². The number of rotatable bonds is 18. The minimum absolute atomic E-state index is 0.0242. The van der Waals surface area contributed by atoms with Crippen molar-refractivity contribution in [1.29, 1.82) is 0 Å². The summed E-state index contributed by atoms with van der Waals surface area (Å²) < 4.78 is 20.0. The highest BCUT2D eigenvalue weighted by Gasteiger charge is 2.12. The van der Waals surface area contributed by atoms with Gasteiger partial charge < -0.3 is 14.5 Å². The number of hydrogen-bond donors (Lipinski definition) is 2. The molecule has 0 amide bonds. The molecule has 7 heteroatoms. The Morgan fingerprint density at radius 2 is 1.35 bits per heavy atom. The van der Waals surface area contributed by atoms with Crippen molar-refractivity contribution in [2.75, 3.05) is 6.61 Å². The third-order valence-electron chi connectivity index (χ3n) is 4.25. The van der Waals surface area contributed by atoms with E-state index in [1.807, 2.05) is 6.92 Å². The van der Waals surface area contributed by atoms with Crippen LogP contribution in [0.5, 0.6) is 0 Å². The first kappa shape index (κ1) is 25.3. The van der Waals surface area contributed by atoms with Crippen molar-refractivity contribution in [1.82, 2.24) is 0 Å². The summed E-state index contributed by atoms with van der Waals surface area (Å²) >= 11 is 0. The number of carbonyl (C=O) groups excluding carboxylic acids is 1. The predicted molar refractivity (Wildman–Crippen MR) is 104 cm³/mol. The van der Waals surface area contributed by atoms with Gasteiger partial charge in [0.2, 0.25) is 0 Å². The van der Waals surface area contributed by atoms with Gasteiger partial charge in [0.25, 0.3) is 0 Å². The van der Waals surface area contributed by atoms with Gasteiger partial charge >= 0.3 is 13.8 Å². The SMILES string of the molecule is C=CC(=O)OC(C)CCCCCCCCCCCCCCOP(=O)(O)O. The van der Waals surface area contributed by atoms with Crippen LogP contribution in [0.1, 0.15) is 90.4 Å².